The Labute approximate surface area is 171 Å². The normalized spacial score (nSPS) is 13.7. The lowest BCUT2D eigenvalue weighted by Gasteiger charge is -2.34. The molecule has 0 atom stereocenters. The molecule has 1 heterocycles. The van der Waals surface area contributed by atoms with Gasteiger partial charge in [0.15, 0.2) is 0 Å². The van der Waals surface area contributed by atoms with Crippen molar-refractivity contribution < 1.29 is 19.1 Å². The molecule has 0 aliphatic carbocycles. The highest BCUT2D eigenvalue weighted by Crippen LogP contribution is 2.22. The van der Waals surface area contributed by atoms with Crippen LogP contribution in [0.15, 0.2) is 54.6 Å². The first-order valence-electron chi connectivity index (χ1n) is 9.92. The molecule has 1 N–H and O–H groups in total. The van der Waals surface area contributed by atoms with E-state index in [0.29, 0.717) is 45.8 Å². The molecule has 1 aliphatic rings. The molecule has 2 amide bonds. The van der Waals surface area contributed by atoms with Gasteiger partial charge in [0, 0.05) is 44.8 Å². The van der Waals surface area contributed by atoms with E-state index >= 15 is 0 Å². The summed E-state index contributed by atoms with van der Waals surface area (Å²) >= 11 is 0. The predicted octanol–water partition coefficient (Wildman–Crippen LogP) is 3.58. The van der Waals surface area contributed by atoms with E-state index in [9.17, 15) is 9.59 Å². The van der Waals surface area contributed by atoms with Crippen molar-refractivity contribution in [2.75, 3.05) is 44.6 Å². The minimum atomic E-state index is -0.305. The number of piperazine rings is 1. The van der Waals surface area contributed by atoms with Gasteiger partial charge >= 0.3 is 6.09 Å². The second kappa shape index (κ2) is 10.4. The molecule has 29 heavy (non-hydrogen) atoms. The number of carbonyl (C=O) groups is 2. The number of anilines is 1. The number of benzene rings is 2. The summed E-state index contributed by atoms with van der Waals surface area (Å²) in [6, 6.07) is 17.3. The Kier molecular flexibility index (Phi) is 7.33. The van der Waals surface area contributed by atoms with E-state index in [0.717, 1.165) is 17.2 Å². The predicted molar refractivity (Wildman–Crippen MR) is 111 cm³/mol. The number of nitrogens with one attached hydrogen (secondary N) is 1. The first-order valence-corrected chi connectivity index (χ1v) is 9.92. The fourth-order valence-electron chi connectivity index (χ4n) is 3.09. The third-order valence-electron chi connectivity index (χ3n) is 4.66. The molecule has 3 rings (SSSR count). The number of ether oxygens (including phenoxy) is 2. The van der Waals surface area contributed by atoms with Gasteiger partial charge in [0.05, 0.1) is 6.61 Å². The van der Waals surface area contributed by atoms with E-state index in [1.807, 2.05) is 54.6 Å². The van der Waals surface area contributed by atoms with Gasteiger partial charge in [-0.1, -0.05) is 18.2 Å². The van der Waals surface area contributed by atoms with Crippen LogP contribution in [-0.4, -0.2) is 61.1 Å². The van der Waals surface area contributed by atoms with Crippen LogP contribution in [-0.2, 0) is 9.53 Å². The van der Waals surface area contributed by atoms with Crippen molar-refractivity contribution >= 4 is 17.7 Å². The average Bonchev–Trinajstić information content (AvgIpc) is 2.76. The van der Waals surface area contributed by atoms with Gasteiger partial charge in [0.2, 0.25) is 5.91 Å². The van der Waals surface area contributed by atoms with Gasteiger partial charge < -0.3 is 24.6 Å². The molecule has 2 aromatic rings. The molecule has 7 heteroatoms. The van der Waals surface area contributed by atoms with Crippen molar-refractivity contribution in [3.63, 3.8) is 0 Å². The zero-order valence-corrected chi connectivity index (χ0v) is 16.7. The van der Waals surface area contributed by atoms with Crippen LogP contribution in [0.1, 0.15) is 13.3 Å². The van der Waals surface area contributed by atoms with Crippen LogP contribution >= 0.6 is 0 Å². The lowest BCUT2D eigenvalue weighted by Crippen LogP contribution is -2.50. The number of rotatable bonds is 7. The van der Waals surface area contributed by atoms with Crippen LogP contribution in [0.25, 0.3) is 0 Å². The number of hydrogen-bond acceptors (Lipinski definition) is 5. The maximum Gasteiger partial charge on any atom is 0.409 e. The molecule has 0 unspecified atom stereocenters. The topological polar surface area (TPSA) is 71.1 Å². The summed E-state index contributed by atoms with van der Waals surface area (Å²) in [5.41, 5.74) is 0.936. The van der Waals surface area contributed by atoms with E-state index in [4.69, 9.17) is 9.47 Å². The van der Waals surface area contributed by atoms with Crippen molar-refractivity contribution in [1.82, 2.24) is 9.80 Å². The van der Waals surface area contributed by atoms with E-state index in [2.05, 4.69) is 5.32 Å². The van der Waals surface area contributed by atoms with Gasteiger partial charge in [-0.2, -0.15) is 0 Å². The van der Waals surface area contributed by atoms with Crippen molar-refractivity contribution in [2.24, 2.45) is 0 Å². The maximum atomic E-state index is 12.4. The van der Waals surface area contributed by atoms with Crippen LogP contribution in [0.4, 0.5) is 10.5 Å². The molecule has 1 fully saturated rings. The fraction of sp³-hybridized carbons (Fsp3) is 0.364. The molecule has 0 radical (unpaired) electrons. The monoisotopic (exact) mass is 397 g/mol. The van der Waals surface area contributed by atoms with Gasteiger partial charge in [-0.15, -0.1) is 0 Å². The van der Waals surface area contributed by atoms with Crippen molar-refractivity contribution in [3.8, 4) is 11.5 Å². The Morgan fingerprint density at radius 3 is 2.17 bits per heavy atom. The highest BCUT2D eigenvalue weighted by atomic mass is 16.6. The maximum absolute atomic E-state index is 12.4. The number of hydrogen-bond donors (Lipinski definition) is 1. The Hall–Kier alpha value is -3.22. The minimum Gasteiger partial charge on any atom is -0.457 e. The van der Waals surface area contributed by atoms with Crippen molar-refractivity contribution in [3.05, 3.63) is 54.6 Å². The molecule has 1 saturated heterocycles. The summed E-state index contributed by atoms with van der Waals surface area (Å²) < 4.78 is 10.8. The van der Waals surface area contributed by atoms with Gasteiger partial charge in [-0.05, 0) is 43.3 Å². The van der Waals surface area contributed by atoms with Crippen LogP contribution in [0.5, 0.6) is 11.5 Å². The lowest BCUT2D eigenvalue weighted by molar-refractivity contribution is -0.132. The van der Waals surface area contributed by atoms with Crippen molar-refractivity contribution in [2.45, 2.75) is 13.3 Å². The standard InChI is InChI=1S/C22H27N3O4/c1-2-28-22(27)25-16-14-24(15-17-25)21(26)12-13-23-18-8-10-20(11-9-18)29-19-6-4-3-5-7-19/h3-11,23H,2,12-17H2,1H3. The summed E-state index contributed by atoms with van der Waals surface area (Å²) in [7, 11) is 0. The lowest BCUT2D eigenvalue weighted by atomic mass is 10.2. The molecule has 0 spiro atoms. The first-order chi connectivity index (χ1) is 14.2. The Bertz CT molecular complexity index is 787. The summed E-state index contributed by atoms with van der Waals surface area (Å²) in [6.45, 7) is 4.82. The van der Waals surface area contributed by atoms with Crippen LogP contribution in [0.3, 0.4) is 0 Å². The average molecular weight is 397 g/mol. The number of carbonyl (C=O) groups excluding carboxylic acids is 2. The fourth-order valence-corrected chi connectivity index (χ4v) is 3.09. The highest BCUT2D eigenvalue weighted by molar-refractivity contribution is 5.77. The molecular formula is C22H27N3O4. The molecule has 1 aliphatic heterocycles. The molecule has 0 saturated carbocycles. The Morgan fingerprint density at radius 1 is 0.897 bits per heavy atom. The van der Waals surface area contributed by atoms with E-state index in [1.165, 1.54) is 0 Å². The zero-order chi connectivity index (χ0) is 20.5. The SMILES string of the molecule is CCOC(=O)N1CCN(C(=O)CCNc2ccc(Oc3ccccc3)cc2)CC1. The number of nitrogens with zero attached hydrogens (tertiary/aromatic N) is 2. The van der Waals surface area contributed by atoms with Gasteiger partial charge in [-0.3, -0.25) is 4.79 Å². The van der Waals surface area contributed by atoms with Crippen LogP contribution in [0.2, 0.25) is 0 Å². The van der Waals surface area contributed by atoms with Crippen LogP contribution < -0.4 is 10.1 Å². The largest absolute Gasteiger partial charge is 0.457 e. The zero-order valence-electron chi connectivity index (χ0n) is 16.7. The van der Waals surface area contributed by atoms with E-state index in [1.54, 1.807) is 16.7 Å². The molecule has 154 valence electrons. The summed E-state index contributed by atoms with van der Waals surface area (Å²) in [6.07, 6.45) is 0.0998. The Morgan fingerprint density at radius 2 is 1.52 bits per heavy atom. The third-order valence-corrected chi connectivity index (χ3v) is 4.66. The van der Waals surface area contributed by atoms with Crippen LogP contribution in [0, 0.1) is 0 Å². The molecule has 7 nitrogen and oxygen atoms in total. The second-order valence-corrected chi connectivity index (χ2v) is 6.68. The number of amides is 2. The first kappa shape index (κ1) is 20.5. The van der Waals surface area contributed by atoms with Gasteiger partial charge in [0.1, 0.15) is 11.5 Å². The molecule has 0 bridgehead atoms. The van der Waals surface area contributed by atoms with E-state index in [-0.39, 0.29) is 12.0 Å². The summed E-state index contributed by atoms with van der Waals surface area (Å²) in [4.78, 5) is 27.5. The third kappa shape index (κ3) is 6.14. The molecular weight excluding hydrogens is 370 g/mol. The van der Waals surface area contributed by atoms with E-state index < -0.39 is 0 Å². The highest BCUT2D eigenvalue weighted by Gasteiger charge is 2.24. The minimum absolute atomic E-state index is 0.0880. The van der Waals surface area contributed by atoms with Gasteiger partial charge in [0.25, 0.3) is 0 Å². The summed E-state index contributed by atoms with van der Waals surface area (Å²) in [5, 5.41) is 3.26. The molecule has 0 aromatic heterocycles. The smallest absolute Gasteiger partial charge is 0.409 e. The Balaban J connectivity index is 1.37. The molecule has 2 aromatic carbocycles. The number of para-hydroxylation sites is 1. The quantitative estimate of drug-likeness (QED) is 0.773. The summed E-state index contributed by atoms with van der Waals surface area (Å²) in [5.74, 6) is 1.64. The van der Waals surface area contributed by atoms with Crippen molar-refractivity contribution in [1.29, 1.82) is 0 Å². The second-order valence-electron chi connectivity index (χ2n) is 6.68. The van der Waals surface area contributed by atoms with Gasteiger partial charge in [-0.25, -0.2) is 4.79 Å².